The fourth-order valence-electron chi connectivity index (χ4n) is 3.61. The van der Waals surface area contributed by atoms with Crippen LogP contribution in [0.5, 0.6) is 0 Å². The maximum atomic E-state index is 12.8. The van der Waals surface area contributed by atoms with Gasteiger partial charge in [0.2, 0.25) is 5.91 Å². The maximum Gasteiger partial charge on any atom is 0.227 e. The van der Waals surface area contributed by atoms with Crippen molar-refractivity contribution in [2.75, 3.05) is 31.1 Å². The smallest absolute Gasteiger partial charge is 0.227 e. The summed E-state index contributed by atoms with van der Waals surface area (Å²) >= 11 is 0. The number of carbonyl (C=O) groups is 1. The first-order valence-electron chi connectivity index (χ1n) is 9.31. The van der Waals surface area contributed by atoms with E-state index in [2.05, 4.69) is 48.2 Å². The van der Waals surface area contributed by atoms with Crippen LogP contribution in [0.15, 0.2) is 59.2 Å². The molecule has 1 aliphatic rings. The number of furan rings is 1. The number of carbonyl (C=O) groups excluding carboxylic acids is 1. The molecule has 0 radical (unpaired) electrons. The average Bonchev–Trinajstić information content (AvgIpc) is 3.10. The molecule has 4 rings (SSSR count). The van der Waals surface area contributed by atoms with Gasteiger partial charge in [-0.05, 0) is 36.2 Å². The SMILES string of the molecule is CCc1ccc2occ(CC(=O)N3CCN(c4ccccc4)CC3)c2c1. The van der Waals surface area contributed by atoms with Gasteiger partial charge >= 0.3 is 0 Å². The van der Waals surface area contributed by atoms with E-state index in [9.17, 15) is 4.79 Å². The van der Waals surface area contributed by atoms with E-state index >= 15 is 0 Å². The lowest BCUT2D eigenvalue weighted by atomic mass is 10.1. The normalized spacial score (nSPS) is 14.8. The quantitative estimate of drug-likeness (QED) is 0.718. The highest BCUT2D eigenvalue weighted by molar-refractivity contribution is 5.88. The van der Waals surface area contributed by atoms with E-state index in [0.717, 1.165) is 49.1 Å². The number of piperazine rings is 1. The van der Waals surface area contributed by atoms with Crippen molar-refractivity contribution in [1.29, 1.82) is 0 Å². The van der Waals surface area contributed by atoms with Crippen LogP contribution in [0, 0.1) is 0 Å². The Morgan fingerprint density at radius 3 is 2.54 bits per heavy atom. The van der Waals surface area contributed by atoms with Crippen molar-refractivity contribution < 1.29 is 9.21 Å². The van der Waals surface area contributed by atoms with Crippen LogP contribution in [0.2, 0.25) is 0 Å². The highest BCUT2D eigenvalue weighted by Gasteiger charge is 2.22. The minimum absolute atomic E-state index is 0.183. The Morgan fingerprint density at radius 1 is 1.04 bits per heavy atom. The number of hydrogen-bond donors (Lipinski definition) is 0. The van der Waals surface area contributed by atoms with Gasteiger partial charge in [-0.2, -0.15) is 0 Å². The molecule has 0 spiro atoms. The molecule has 134 valence electrons. The number of rotatable bonds is 4. The molecule has 1 aliphatic heterocycles. The number of hydrogen-bond acceptors (Lipinski definition) is 3. The summed E-state index contributed by atoms with van der Waals surface area (Å²) in [6.07, 6.45) is 3.13. The third-order valence-corrected chi connectivity index (χ3v) is 5.22. The molecule has 0 unspecified atom stereocenters. The maximum absolute atomic E-state index is 12.8. The second-order valence-corrected chi connectivity index (χ2v) is 6.83. The van der Waals surface area contributed by atoms with Gasteiger partial charge in [0.05, 0.1) is 12.7 Å². The molecule has 1 fully saturated rings. The van der Waals surface area contributed by atoms with E-state index in [1.165, 1.54) is 11.3 Å². The van der Waals surface area contributed by atoms with Crippen molar-refractivity contribution in [3.63, 3.8) is 0 Å². The Bertz CT molecular complexity index is 893. The monoisotopic (exact) mass is 348 g/mol. The van der Waals surface area contributed by atoms with Crippen LogP contribution in [-0.4, -0.2) is 37.0 Å². The van der Waals surface area contributed by atoms with Crippen molar-refractivity contribution in [2.24, 2.45) is 0 Å². The largest absolute Gasteiger partial charge is 0.464 e. The summed E-state index contributed by atoms with van der Waals surface area (Å²) in [5.41, 5.74) is 4.35. The van der Waals surface area contributed by atoms with Gasteiger partial charge in [-0.3, -0.25) is 4.79 Å². The van der Waals surface area contributed by atoms with Gasteiger partial charge in [-0.25, -0.2) is 0 Å². The highest BCUT2D eigenvalue weighted by Crippen LogP contribution is 2.24. The zero-order valence-corrected chi connectivity index (χ0v) is 15.1. The van der Waals surface area contributed by atoms with Crippen LogP contribution in [0.3, 0.4) is 0 Å². The lowest BCUT2D eigenvalue weighted by Gasteiger charge is -2.36. The third kappa shape index (κ3) is 3.32. The number of para-hydroxylation sites is 1. The summed E-state index contributed by atoms with van der Waals surface area (Å²) in [6, 6.07) is 16.6. The first-order valence-corrected chi connectivity index (χ1v) is 9.31. The van der Waals surface area contributed by atoms with Crippen LogP contribution in [0.1, 0.15) is 18.1 Å². The summed E-state index contributed by atoms with van der Waals surface area (Å²) in [5.74, 6) is 0.183. The number of amides is 1. The van der Waals surface area contributed by atoms with Crippen molar-refractivity contribution in [1.82, 2.24) is 4.90 Å². The molecule has 2 aromatic carbocycles. The molecular formula is C22H24N2O2. The summed E-state index contributed by atoms with van der Waals surface area (Å²) in [5, 5.41) is 1.07. The molecule has 26 heavy (non-hydrogen) atoms. The number of anilines is 1. The van der Waals surface area contributed by atoms with Gasteiger partial charge in [0.15, 0.2) is 0 Å². The standard InChI is InChI=1S/C22H24N2O2/c1-2-17-8-9-21-20(14-17)18(16-26-21)15-22(25)24-12-10-23(11-13-24)19-6-4-3-5-7-19/h3-9,14,16H,2,10-13,15H2,1H3. The van der Waals surface area contributed by atoms with E-state index in [0.29, 0.717) is 6.42 Å². The van der Waals surface area contributed by atoms with E-state index in [1.54, 1.807) is 6.26 Å². The van der Waals surface area contributed by atoms with Crippen molar-refractivity contribution in [2.45, 2.75) is 19.8 Å². The van der Waals surface area contributed by atoms with Crippen molar-refractivity contribution >= 4 is 22.6 Å². The molecule has 0 atom stereocenters. The molecule has 0 bridgehead atoms. The Morgan fingerprint density at radius 2 is 1.81 bits per heavy atom. The number of nitrogens with zero attached hydrogens (tertiary/aromatic N) is 2. The van der Waals surface area contributed by atoms with Crippen LogP contribution >= 0.6 is 0 Å². The number of aryl methyl sites for hydroxylation is 1. The molecule has 4 nitrogen and oxygen atoms in total. The Hall–Kier alpha value is -2.75. The fourth-order valence-corrected chi connectivity index (χ4v) is 3.61. The summed E-state index contributed by atoms with van der Waals surface area (Å²) in [6.45, 7) is 5.43. The van der Waals surface area contributed by atoms with Crippen LogP contribution < -0.4 is 4.90 Å². The van der Waals surface area contributed by atoms with E-state index in [-0.39, 0.29) is 5.91 Å². The minimum atomic E-state index is 0.183. The molecule has 0 saturated carbocycles. The van der Waals surface area contributed by atoms with Crippen LogP contribution in [0.4, 0.5) is 5.69 Å². The lowest BCUT2D eigenvalue weighted by Crippen LogP contribution is -2.49. The molecule has 1 aromatic heterocycles. The zero-order chi connectivity index (χ0) is 17.9. The summed E-state index contributed by atoms with van der Waals surface area (Å²) in [7, 11) is 0. The summed E-state index contributed by atoms with van der Waals surface area (Å²) in [4.78, 5) is 17.1. The molecular weight excluding hydrogens is 324 g/mol. The van der Waals surface area contributed by atoms with Crippen molar-refractivity contribution in [3.05, 3.63) is 65.9 Å². The third-order valence-electron chi connectivity index (χ3n) is 5.22. The first kappa shape index (κ1) is 16.7. The van der Waals surface area contributed by atoms with E-state index in [1.807, 2.05) is 17.0 Å². The lowest BCUT2D eigenvalue weighted by molar-refractivity contribution is -0.130. The Kier molecular flexibility index (Phi) is 4.65. The van der Waals surface area contributed by atoms with E-state index in [4.69, 9.17) is 4.42 Å². The Labute approximate surface area is 154 Å². The zero-order valence-electron chi connectivity index (χ0n) is 15.1. The van der Waals surface area contributed by atoms with Crippen molar-refractivity contribution in [3.8, 4) is 0 Å². The van der Waals surface area contributed by atoms with E-state index < -0.39 is 0 Å². The Balaban J connectivity index is 1.42. The second kappa shape index (κ2) is 7.24. The number of fused-ring (bicyclic) bond motifs is 1. The number of benzene rings is 2. The van der Waals surface area contributed by atoms with Gasteiger partial charge < -0.3 is 14.2 Å². The predicted molar refractivity (Wildman–Crippen MR) is 105 cm³/mol. The minimum Gasteiger partial charge on any atom is -0.464 e. The van der Waals surface area contributed by atoms with Crippen LogP contribution in [-0.2, 0) is 17.6 Å². The molecule has 1 amide bonds. The molecule has 3 aromatic rings. The molecule has 4 heteroatoms. The molecule has 0 aliphatic carbocycles. The fraction of sp³-hybridized carbons (Fsp3) is 0.318. The first-order chi connectivity index (χ1) is 12.7. The topological polar surface area (TPSA) is 36.7 Å². The average molecular weight is 348 g/mol. The van der Waals surface area contributed by atoms with Gasteiger partial charge in [0.1, 0.15) is 5.58 Å². The highest BCUT2D eigenvalue weighted by atomic mass is 16.3. The predicted octanol–water partition coefficient (Wildman–Crippen LogP) is 3.89. The summed E-state index contributed by atoms with van der Waals surface area (Å²) < 4.78 is 5.63. The van der Waals surface area contributed by atoms with Gasteiger partial charge in [0, 0.05) is 42.8 Å². The second-order valence-electron chi connectivity index (χ2n) is 6.83. The van der Waals surface area contributed by atoms with Gasteiger partial charge in [-0.1, -0.05) is 31.2 Å². The molecule has 1 saturated heterocycles. The van der Waals surface area contributed by atoms with Crippen LogP contribution in [0.25, 0.3) is 11.0 Å². The van der Waals surface area contributed by atoms with Gasteiger partial charge in [0.25, 0.3) is 0 Å². The van der Waals surface area contributed by atoms with Gasteiger partial charge in [-0.15, -0.1) is 0 Å². The molecule has 2 heterocycles. The molecule has 0 N–H and O–H groups in total.